The molecule has 0 bridgehead atoms. The van der Waals surface area contributed by atoms with Gasteiger partial charge in [0.25, 0.3) is 5.91 Å². The van der Waals surface area contributed by atoms with Gasteiger partial charge in [-0.3, -0.25) is 15.6 Å². The first kappa shape index (κ1) is 20.7. The highest BCUT2D eigenvalue weighted by Crippen LogP contribution is 2.25. The minimum absolute atomic E-state index is 0.287. The van der Waals surface area contributed by atoms with E-state index in [4.69, 9.17) is 26.8 Å². The Labute approximate surface area is 162 Å². The number of carbonyl (C=O) groups excluding carboxylic acids is 1. The summed E-state index contributed by atoms with van der Waals surface area (Å²) < 4.78 is 10.3. The first-order valence-electron chi connectivity index (χ1n) is 8.22. The van der Waals surface area contributed by atoms with E-state index in [2.05, 4.69) is 20.8 Å². The molecule has 0 unspecified atom stereocenters. The summed E-state index contributed by atoms with van der Waals surface area (Å²) in [7, 11) is 3.24. The largest absolute Gasteiger partial charge is 0.393 e. The van der Waals surface area contributed by atoms with Crippen LogP contribution in [0.3, 0.4) is 0 Å². The van der Waals surface area contributed by atoms with Crippen molar-refractivity contribution in [3.05, 3.63) is 41.2 Å². The summed E-state index contributed by atoms with van der Waals surface area (Å²) in [5.74, 6) is 0.446. The zero-order valence-electron chi connectivity index (χ0n) is 15.2. The fourth-order valence-electron chi connectivity index (χ4n) is 2.28. The average Bonchev–Trinajstić information content (AvgIpc) is 2.67. The average molecular weight is 395 g/mol. The lowest BCUT2D eigenvalue weighted by Crippen LogP contribution is -2.33. The smallest absolute Gasteiger partial charge is 0.269 e. The molecule has 0 atom stereocenters. The van der Waals surface area contributed by atoms with Crippen LogP contribution in [0.4, 0.5) is 17.3 Å². The Bertz CT molecular complexity index is 753. The number of carbonyl (C=O) groups is 1. The molecule has 1 heterocycles. The molecule has 0 saturated carbocycles. The van der Waals surface area contributed by atoms with E-state index in [1.165, 1.54) is 6.33 Å². The van der Waals surface area contributed by atoms with Crippen LogP contribution in [0.25, 0.3) is 0 Å². The number of rotatable bonds is 10. The fraction of sp³-hybridized carbons (Fsp3) is 0.353. The highest BCUT2D eigenvalue weighted by atomic mass is 35.5. The zero-order chi connectivity index (χ0) is 19.6. The molecule has 0 radical (unpaired) electrons. The Morgan fingerprint density at radius 1 is 1.22 bits per heavy atom. The highest BCUT2D eigenvalue weighted by molar-refractivity contribution is 6.30. The van der Waals surface area contributed by atoms with Gasteiger partial charge in [0.15, 0.2) is 11.6 Å². The first-order chi connectivity index (χ1) is 13.1. The maximum Gasteiger partial charge on any atom is 0.269 e. The van der Waals surface area contributed by atoms with E-state index >= 15 is 0 Å². The number of halogens is 1. The number of anilines is 3. The van der Waals surface area contributed by atoms with Gasteiger partial charge in [0, 0.05) is 37.9 Å². The first-order valence-corrected chi connectivity index (χ1v) is 8.59. The van der Waals surface area contributed by atoms with Crippen molar-refractivity contribution in [1.29, 1.82) is 0 Å². The topological polar surface area (TPSA) is 115 Å². The third kappa shape index (κ3) is 5.95. The number of benzene rings is 1. The van der Waals surface area contributed by atoms with Crippen molar-refractivity contribution in [2.45, 2.75) is 0 Å². The van der Waals surface area contributed by atoms with Gasteiger partial charge in [0.2, 0.25) is 0 Å². The predicted molar refractivity (Wildman–Crippen MR) is 105 cm³/mol. The molecule has 27 heavy (non-hydrogen) atoms. The normalized spacial score (nSPS) is 10.5. The van der Waals surface area contributed by atoms with Crippen molar-refractivity contribution < 1.29 is 14.3 Å². The van der Waals surface area contributed by atoms with Crippen LogP contribution in [-0.2, 0) is 9.47 Å². The maximum absolute atomic E-state index is 12.2. The molecule has 0 aliphatic heterocycles. The molecule has 2 rings (SSSR count). The van der Waals surface area contributed by atoms with E-state index in [1.54, 1.807) is 38.5 Å². The molecule has 1 aromatic carbocycles. The molecule has 146 valence electrons. The van der Waals surface area contributed by atoms with E-state index in [0.29, 0.717) is 48.4 Å². The molecule has 10 heteroatoms. The second kappa shape index (κ2) is 10.5. The van der Waals surface area contributed by atoms with Crippen molar-refractivity contribution >= 4 is 34.8 Å². The molecular formula is C17H23ClN6O3. The zero-order valence-corrected chi connectivity index (χ0v) is 16.0. The summed E-state index contributed by atoms with van der Waals surface area (Å²) >= 11 is 5.90. The predicted octanol–water partition coefficient (Wildman–Crippen LogP) is 1.57. The van der Waals surface area contributed by atoms with E-state index in [1.807, 2.05) is 4.90 Å². The van der Waals surface area contributed by atoms with Gasteiger partial charge >= 0.3 is 0 Å². The lowest BCUT2D eigenvalue weighted by atomic mass is 10.2. The van der Waals surface area contributed by atoms with Gasteiger partial charge in [-0.25, -0.2) is 9.97 Å². The number of nitrogens with two attached hydrogens (primary N) is 1. The van der Waals surface area contributed by atoms with Crippen molar-refractivity contribution in [1.82, 2.24) is 15.4 Å². The molecule has 2 aromatic rings. The minimum atomic E-state index is -0.368. The Morgan fingerprint density at radius 3 is 2.56 bits per heavy atom. The van der Waals surface area contributed by atoms with Crippen LogP contribution in [-0.4, -0.2) is 56.4 Å². The van der Waals surface area contributed by atoms with E-state index in [-0.39, 0.29) is 11.7 Å². The Morgan fingerprint density at radius 2 is 1.93 bits per heavy atom. The lowest BCUT2D eigenvalue weighted by Gasteiger charge is -2.25. The third-order valence-electron chi connectivity index (χ3n) is 3.67. The van der Waals surface area contributed by atoms with E-state index in [9.17, 15) is 4.79 Å². The van der Waals surface area contributed by atoms with E-state index in [0.717, 1.165) is 0 Å². The van der Waals surface area contributed by atoms with Gasteiger partial charge in [-0.05, 0) is 18.2 Å². The number of hydrazine groups is 1. The van der Waals surface area contributed by atoms with Crippen molar-refractivity contribution in [3.8, 4) is 0 Å². The van der Waals surface area contributed by atoms with Gasteiger partial charge in [-0.15, -0.1) is 0 Å². The Hall–Kier alpha value is -2.62. The van der Waals surface area contributed by atoms with Crippen molar-refractivity contribution in [2.75, 3.05) is 56.6 Å². The Balaban J connectivity index is 2.11. The quantitative estimate of drug-likeness (QED) is 0.520. The molecule has 0 aliphatic rings. The van der Waals surface area contributed by atoms with Crippen LogP contribution in [0.2, 0.25) is 5.02 Å². The van der Waals surface area contributed by atoms with Gasteiger partial charge in [0.1, 0.15) is 12.0 Å². The summed E-state index contributed by atoms with van der Waals surface area (Å²) in [6, 6.07) is 6.59. The van der Waals surface area contributed by atoms with Gasteiger partial charge in [0.05, 0.1) is 13.2 Å². The summed E-state index contributed by atoms with van der Waals surface area (Å²) in [5, 5.41) is 0.471. The van der Waals surface area contributed by atoms with Crippen LogP contribution < -0.4 is 21.5 Å². The minimum Gasteiger partial charge on any atom is -0.393 e. The van der Waals surface area contributed by atoms with Crippen LogP contribution >= 0.6 is 11.6 Å². The Kier molecular flexibility index (Phi) is 8.05. The summed E-state index contributed by atoms with van der Waals surface area (Å²) in [4.78, 5) is 22.5. The molecule has 1 aromatic heterocycles. The lowest BCUT2D eigenvalue weighted by molar-refractivity contribution is 0.0962. The van der Waals surface area contributed by atoms with Crippen LogP contribution in [0.1, 0.15) is 10.4 Å². The van der Waals surface area contributed by atoms with Crippen LogP contribution in [0.15, 0.2) is 30.6 Å². The number of ether oxygens (including phenoxy) is 2. The summed E-state index contributed by atoms with van der Waals surface area (Å²) in [6.07, 6.45) is 1.37. The van der Waals surface area contributed by atoms with Crippen LogP contribution in [0, 0.1) is 0 Å². The number of amides is 1. The summed E-state index contributed by atoms with van der Waals surface area (Å²) in [5.41, 5.74) is 12.2. The third-order valence-corrected chi connectivity index (χ3v) is 3.91. The van der Waals surface area contributed by atoms with Crippen molar-refractivity contribution in [2.24, 2.45) is 0 Å². The second-order valence-electron chi connectivity index (χ2n) is 5.52. The van der Waals surface area contributed by atoms with Gasteiger partial charge in [-0.1, -0.05) is 17.7 Å². The molecule has 0 fully saturated rings. The number of aromatic nitrogens is 2. The van der Waals surface area contributed by atoms with Crippen molar-refractivity contribution in [3.63, 3.8) is 0 Å². The molecule has 4 N–H and O–H groups in total. The molecule has 0 aliphatic carbocycles. The number of hydrogen-bond donors (Lipinski definition) is 3. The molecule has 0 spiro atoms. The molecule has 0 saturated heterocycles. The monoisotopic (exact) mass is 394 g/mol. The fourth-order valence-corrected chi connectivity index (χ4v) is 2.47. The highest BCUT2D eigenvalue weighted by Gasteiger charge is 2.16. The van der Waals surface area contributed by atoms with E-state index < -0.39 is 0 Å². The number of nitrogens with zero attached hydrogens (tertiary/aromatic N) is 3. The van der Waals surface area contributed by atoms with Gasteiger partial charge < -0.3 is 20.1 Å². The number of methoxy groups -OCH3 is 2. The standard InChI is InChI=1S/C17H23ClN6O3/c1-26-8-6-24(7-9-27-2)16-14(19)15(20-11-21-16)22-23-17(25)12-4-3-5-13(18)10-12/h3-5,10-11H,6-9,19H2,1-2H3,(H,23,25)(H,20,21,22). The number of hydrogen-bond acceptors (Lipinski definition) is 8. The SMILES string of the molecule is COCCN(CCOC)c1ncnc(NNC(=O)c2cccc(Cl)c2)c1N. The van der Waals surface area contributed by atoms with Gasteiger partial charge in [-0.2, -0.15) is 0 Å². The maximum atomic E-state index is 12.2. The molecule has 9 nitrogen and oxygen atoms in total. The number of nitrogen functional groups attached to an aromatic ring is 1. The number of nitrogens with one attached hydrogen (secondary N) is 2. The molecular weight excluding hydrogens is 372 g/mol. The second-order valence-corrected chi connectivity index (χ2v) is 5.96. The summed E-state index contributed by atoms with van der Waals surface area (Å²) in [6.45, 7) is 2.16. The van der Waals surface area contributed by atoms with Crippen LogP contribution in [0.5, 0.6) is 0 Å². The molecule has 1 amide bonds.